The second-order valence-corrected chi connectivity index (χ2v) is 7.80. The predicted molar refractivity (Wildman–Crippen MR) is 103 cm³/mol. The van der Waals surface area contributed by atoms with Crippen molar-refractivity contribution in [2.24, 2.45) is 0 Å². The standard InChI is InChI=1S/C21H28N4O2/c1-15-6-2-7-16(14-15)21-23-20(27-24-21)11-3-10-19(26)22-17-8-4-12-25-13-5-9-18(17)25/h2,6-7,14,17-18H,3-5,8-13H2,1H3,(H,22,26)/t17-,18-/m0/s1. The van der Waals surface area contributed by atoms with Gasteiger partial charge in [-0.3, -0.25) is 9.69 Å². The lowest BCUT2D eigenvalue weighted by Crippen LogP contribution is -2.52. The third kappa shape index (κ3) is 4.38. The minimum absolute atomic E-state index is 0.146. The van der Waals surface area contributed by atoms with Gasteiger partial charge in [0.25, 0.3) is 0 Å². The van der Waals surface area contributed by atoms with Crippen LogP contribution < -0.4 is 5.32 Å². The molecule has 2 atom stereocenters. The van der Waals surface area contributed by atoms with Gasteiger partial charge in [-0.2, -0.15) is 4.98 Å². The fourth-order valence-corrected chi connectivity index (χ4v) is 4.40. The fourth-order valence-electron chi connectivity index (χ4n) is 4.40. The summed E-state index contributed by atoms with van der Waals surface area (Å²) in [5.41, 5.74) is 2.13. The average Bonchev–Trinajstić information content (AvgIpc) is 3.31. The van der Waals surface area contributed by atoms with Gasteiger partial charge in [0.15, 0.2) is 0 Å². The minimum Gasteiger partial charge on any atom is -0.352 e. The second-order valence-electron chi connectivity index (χ2n) is 7.80. The maximum Gasteiger partial charge on any atom is 0.226 e. The molecule has 0 unspecified atom stereocenters. The molecule has 2 aliphatic rings. The highest BCUT2D eigenvalue weighted by Crippen LogP contribution is 2.27. The molecule has 4 rings (SSSR count). The maximum absolute atomic E-state index is 12.4. The summed E-state index contributed by atoms with van der Waals surface area (Å²) in [6, 6.07) is 8.92. The van der Waals surface area contributed by atoms with E-state index in [4.69, 9.17) is 4.52 Å². The molecular weight excluding hydrogens is 340 g/mol. The Bertz CT molecular complexity index is 788. The summed E-state index contributed by atoms with van der Waals surface area (Å²) in [5, 5.41) is 7.33. The summed E-state index contributed by atoms with van der Waals surface area (Å²) in [7, 11) is 0. The number of fused-ring (bicyclic) bond motifs is 1. The summed E-state index contributed by atoms with van der Waals surface area (Å²) < 4.78 is 5.35. The van der Waals surface area contributed by atoms with Crippen LogP contribution in [0.25, 0.3) is 11.4 Å². The Kier molecular flexibility index (Phi) is 5.53. The number of rotatable bonds is 6. The van der Waals surface area contributed by atoms with E-state index in [1.165, 1.54) is 37.9 Å². The van der Waals surface area contributed by atoms with Crippen molar-refractivity contribution in [3.8, 4) is 11.4 Å². The Morgan fingerprint density at radius 1 is 1.30 bits per heavy atom. The van der Waals surface area contributed by atoms with Crippen molar-refractivity contribution in [1.29, 1.82) is 0 Å². The Hall–Kier alpha value is -2.21. The van der Waals surface area contributed by atoms with Crippen molar-refractivity contribution in [3.63, 3.8) is 0 Å². The van der Waals surface area contributed by atoms with Gasteiger partial charge in [-0.15, -0.1) is 0 Å². The molecule has 2 saturated heterocycles. The highest BCUT2D eigenvalue weighted by Gasteiger charge is 2.35. The third-order valence-corrected chi connectivity index (χ3v) is 5.72. The molecule has 1 aromatic heterocycles. The average molecular weight is 368 g/mol. The van der Waals surface area contributed by atoms with Crippen LogP contribution in [-0.2, 0) is 11.2 Å². The number of carbonyl (C=O) groups excluding carboxylic acids is 1. The van der Waals surface area contributed by atoms with Crippen LogP contribution in [0.4, 0.5) is 0 Å². The summed E-state index contributed by atoms with van der Waals surface area (Å²) >= 11 is 0. The molecule has 1 N–H and O–H groups in total. The molecule has 2 fully saturated rings. The van der Waals surface area contributed by atoms with Crippen LogP contribution in [0.1, 0.15) is 50.0 Å². The van der Waals surface area contributed by atoms with E-state index in [0.29, 0.717) is 36.6 Å². The first-order valence-corrected chi connectivity index (χ1v) is 10.1. The Morgan fingerprint density at radius 3 is 3.00 bits per heavy atom. The highest BCUT2D eigenvalue weighted by molar-refractivity contribution is 5.76. The van der Waals surface area contributed by atoms with Gasteiger partial charge >= 0.3 is 0 Å². The van der Waals surface area contributed by atoms with Gasteiger partial charge in [-0.1, -0.05) is 28.9 Å². The van der Waals surface area contributed by atoms with Crippen molar-refractivity contribution < 1.29 is 9.32 Å². The zero-order valence-electron chi connectivity index (χ0n) is 16.0. The lowest BCUT2D eigenvalue weighted by atomic mass is 9.96. The lowest BCUT2D eigenvalue weighted by Gasteiger charge is -2.37. The van der Waals surface area contributed by atoms with Crippen molar-refractivity contribution in [2.75, 3.05) is 13.1 Å². The molecule has 2 aliphatic heterocycles. The van der Waals surface area contributed by atoms with E-state index in [0.717, 1.165) is 18.4 Å². The first-order chi connectivity index (χ1) is 13.2. The molecule has 0 bridgehead atoms. The number of amides is 1. The van der Waals surface area contributed by atoms with Crippen LogP contribution in [0.3, 0.4) is 0 Å². The monoisotopic (exact) mass is 368 g/mol. The van der Waals surface area contributed by atoms with Crippen molar-refractivity contribution in [3.05, 3.63) is 35.7 Å². The Balaban J connectivity index is 1.24. The molecule has 2 aromatic rings. The van der Waals surface area contributed by atoms with E-state index in [1.807, 2.05) is 31.2 Å². The second kappa shape index (κ2) is 8.21. The molecule has 0 radical (unpaired) electrons. The van der Waals surface area contributed by atoms with Crippen LogP contribution in [0.5, 0.6) is 0 Å². The number of hydrogen-bond donors (Lipinski definition) is 1. The molecular formula is C21H28N4O2. The van der Waals surface area contributed by atoms with Gasteiger partial charge in [0.2, 0.25) is 17.6 Å². The maximum atomic E-state index is 12.4. The van der Waals surface area contributed by atoms with Crippen LogP contribution in [0.2, 0.25) is 0 Å². The number of aryl methyl sites for hydroxylation is 2. The first kappa shape index (κ1) is 18.2. The molecule has 27 heavy (non-hydrogen) atoms. The smallest absolute Gasteiger partial charge is 0.226 e. The van der Waals surface area contributed by atoms with Gasteiger partial charge in [-0.25, -0.2) is 0 Å². The number of nitrogens with one attached hydrogen (secondary N) is 1. The number of aromatic nitrogens is 2. The zero-order valence-corrected chi connectivity index (χ0v) is 16.0. The number of piperidine rings is 1. The van der Waals surface area contributed by atoms with Gasteiger partial charge in [0.05, 0.1) is 0 Å². The SMILES string of the molecule is Cc1cccc(-c2noc(CCCC(=O)N[C@H]3CCCN4CCC[C@@H]34)n2)c1. The van der Waals surface area contributed by atoms with E-state index in [-0.39, 0.29) is 5.91 Å². The third-order valence-electron chi connectivity index (χ3n) is 5.72. The lowest BCUT2D eigenvalue weighted by molar-refractivity contribution is -0.122. The van der Waals surface area contributed by atoms with Gasteiger partial charge in [-0.05, 0) is 58.2 Å². The molecule has 6 nitrogen and oxygen atoms in total. The van der Waals surface area contributed by atoms with Crippen LogP contribution in [0.15, 0.2) is 28.8 Å². The Morgan fingerprint density at radius 2 is 2.15 bits per heavy atom. The van der Waals surface area contributed by atoms with Crippen LogP contribution >= 0.6 is 0 Å². The highest BCUT2D eigenvalue weighted by atomic mass is 16.5. The quantitative estimate of drug-likeness (QED) is 0.848. The Labute approximate surface area is 160 Å². The molecule has 1 aromatic carbocycles. The topological polar surface area (TPSA) is 71.3 Å². The number of nitrogens with zero attached hydrogens (tertiary/aromatic N) is 3. The number of carbonyl (C=O) groups is 1. The van der Waals surface area contributed by atoms with E-state index in [2.05, 4.69) is 20.4 Å². The van der Waals surface area contributed by atoms with Crippen LogP contribution in [0, 0.1) is 6.92 Å². The molecule has 0 aliphatic carbocycles. The molecule has 1 amide bonds. The molecule has 0 spiro atoms. The van der Waals surface area contributed by atoms with Crippen molar-refractivity contribution in [2.45, 2.75) is 64.0 Å². The molecule has 144 valence electrons. The first-order valence-electron chi connectivity index (χ1n) is 10.1. The van der Waals surface area contributed by atoms with Gasteiger partial charge in [0.1, 0.15) is 0 Å². The minimum atomic E-state index is 0.146. The van der Waals surface area contributed by atoms with Gasteiger partial charge in [0, 0.05) is 30.5 Å². The zero-order chi connectivity index (χ0) is 18.6. The summed E-state index contributed by atoms with van der Waals surface area (Å²) in [4.78, 5) is 19.4. The largest absolute Gasteiger partial charge is 0.352 e. The van der Waals surface area contributed by atoms with E-state index in [1.54, 1.807) is 0 Å². The van der Waals surface area contributed by atoms with E-state index >= 15 is 0 Å². The van der Waals surface area contributed by atoms with Crippen molar-refractivity contribution in [1.82, 2.24) is 20.4 Å². The van der Waals surface area contributed by atoms with Crippen molar-refractivity contribution >= 4 is 5.91 Å². The number of benzene rings is 1. The molecule has 0 saturated carbocycles. The summed E-state index contributed by atoms with van der Waals surface area (Å²) in [6.07, 6.45) is 6.63. The number of hydrogen-bond acceptors (Lipinski definition) is 5. The van der Waals surface area contributed by atoms with Gasteiger partial charge < -0.3 is 9.84 Å². The summed E-state index contributed by atoms with van der Waals surface area (Å²) in [6.45, 7) is 4.43. The van der Waals surface area contributed by atoms with Crippen LogP contribution in [-0.4, -0.2) is 46.1 Å². The molecule has 6 heteroatoms. The predicted octanol–water partition coefficient (Wildman–Crippen LogP) is 3.11. The molecule has 3 heterocycles. The fraction of sp³-hybridized carbons (Fsp3) is 0.571. The van der Waals surface area contributed by atoms with E-state index in [9.17, 15) is 4.79 Å². The summed E-state index contributed by atoms with van der Waals surface area (Å²) in [5.74, 6) is 1.35. The van der Waals surface area contributed by atoms with E-state index < -0.39 is 0 Å². The normalized spacial score (nSPS) is 22.6.